The lowest BCUT2D eigenvalue weighted by Crippen LogP contribution is -2.26. The van der Waals surface area contributed by atoms with Crippen molar-refractivity contribution in [3.63, 3.8) is 0 Å². The van der Waals surface area contributed by atoms with Crippen LogP contribution in [-0.2, 0) is 4.79 Å². The Labute approximate surface area is 104 Å². The third kappa shape index (κ3) is 3.92. The van der Waals surface area contributed by atoms with Gasteiger partial charge in [-0.2, -0.15) is 0 Å². The molecule has 0 aliphatic rings. The number of rotatable bonds is 4. The molecule has 5 nitrogen and oxygen atoms in total. The van der Waals surface area contributed by atoms with E-state index in [2.05, 4.69) is 5.32 Å². The van der Waals surface area contributed by atoms with Crippen LogP contribution < -0.4 is 11.1 Å². The van der Waals surface area contributed by atoms with Gasteiger partial charge in [-0.1, -0.05) is 0 Å². The number of hydrogen-bond acceptors (Lipinski definition) is 3. The number of hydrogen-bond donors (Lipinski definition) is 4. The summed E-state index contributed by atoms with van der Waals surface area (Å²) in [4.78, 5) is 10.6. The van der Waals surface area contributed by atoms with Gasteiger partial charge in [-0.3, -0.25) is 10.2 Å². The van der Waals surface area contributed by atoms with Crippen LogP contribution >= 0.6 is 12.4 Å². The van der Waals surface area contributed by atoms with E-state index in [-0.39, 0.29) is 29.5 Å². The largest absolute Gasteiger partial charge is 0.480 e. The molecule has 0 saturated heterocycles. The summed E-state index contributed by atoms with van der Waals surface area (Å²) < 4.78 is 13.4. The highest BCUT2D eigenvalue weighted by molar-refractivity contribution is 5.95. The van der Waals surface area contributed by atoms with Crippen LogP contribution in [0.3, 0.4) is 0 Å². The zero-order valence-corrected chi connectivity index (χ0v) is 9.84. The summed E-state index contributed by atoms with van der Waals surface area (Å²) in [6, 6.07) is 2.99. The third-order valence-electron chi connectivity index (χ3n) is 2.02. The minimum absolute atomic E-state index is 0. The fourth-order valence-electron chi connectivity index (χ4n) is 1.09. The van der Waals surface area contributed by atoms with Gasteiger partial charge in [0.25, 0.3) is 0 Å². The summed E-state index contributed by atoms with van der Waals surface area (Å²) in [5.74, 6) is -1.95. The van der Waals surface area contributed by atoms with Gasteiger partial charge in [0.05, 0.1) is 5.69 Å². The predicted molar refractivity (Wildman–Crippen MR) is 65.4 cm³/mol. The van der Waals surface area contributed by atoms with E-state index >= 15 is 0 Å². The van der Waals surface area contributed by atoms with Crippen LogP contribution in [0.2, 0.25) is 0 Å². The summed E-state index contributed by atoms with van der Waals surface area (Å²) >= 11 is 0. The molecule has 0 saturated carbocycles. The van der Waals surface area contributed by atoms with Crippen LogP contribution in [0.1, 0.15) is 12.5 Å². The minimum atomic E-state index is -1.07. The van der Waals surface area contributed by atoms with Gasteiger partial charge in [0.1, 0.15) is 17.7 Å². The highest BCUT2D eigenvalue weighted by Crippen LogP contribution is 2.16. The lowest BCUT2D eigenvalue weighted by atomic mass is 10.1. The maximum Gasteiger partial charge on any atom is 0.325 e. The topological polar surface area (TPSA) is 99.2 Å². The van der Waals surface area contributed by atoms with Crippen molar-refractivity contribution >= 4 is 29.9 Å². The number of nitrogens with one attached hydrogen (secondary N) is 2. The lowest BCUT2D eigenvalue weighted by molar-refractivity contribution is -0.137. The van der Waals surface area contributed by atoms with Crippen LogP contribution in [0.4, 0.5) is 10.1 Å². The molecular formula is C10H13ClFN3O2. The smallest absolute Gasteiger partial charge is 0.325 e. The van der Waals surface area contributed by atoms with Gasteiger partial charge in [-0.15, -0.1) is 12.4 Å². The van der Waals surface area contributed by atoms with E-state index in [1.807, 2.05) is 0 Å². The van der Waals surface area contributed by atoms with Crippen molar-refractivity contribution in [2.75, 3.05) is 5.32 Å². The number of aliphatic carboxylic acids is 1. The van der Waals surface area contributed by atoms with Gasteiger partial charge in [-0.05, 0) is 25.1 Å². The Balaban J connectivity index is 0.00000256. The lowest BCUT2D eigenvalue weighted by Gasteiger charge is -2.12. The maximum absolute atomic E-state index is 13.4. The first-order chi connectivity index (χ1) is 7.41. The molecule has 0 fully saturated rings. The molecule has 1 unspecified atom stereocenters. The van der Waals surface area contributed by atoms with Crippen molar-refractivity contribution < 1.29 is 14.3 Å². The van der Waals surface area contributed by atoms with E-state index in [0.29, 0.717) is 0 Å². The Morgan fingerprint density at radius 2 is 2.18 bits per heavy atom. The van der Waals surface area contributed by atoms with Crippen LogP contribution in [0.15, 0.2) is 18.2 Å². The monoisotopic (exact) mass is 261 g/mol. The number of amidine groups is 1. The third-order valence-corrected chi connectivity index (χ3v) is 2.02. The van der Waals surface area contributed by atoms with Gasteiger partial charge in [-0.25, -0.2) is 4.39 Å². The Morgan fingerprint density at radius 1 is 1.59 bits per heavy atom. The Hall–Kier alpha value is -1.82. The van der Waals surface area contributed by atoms with E-state index in [1.165, 1.54) is 19.1 Å². The molecule has 17 heavy (non-hydrogen) atoms. The summed E-state index contributed by atoms with van der Waals surface area (Å²) in [6.07, 6.45) is 0. The van der Waals surface area contributed by atoms with Gasteiger partial charge in [0.15, 0.2) is 0 Å². The summed E-state index contributed by atoms with van der Waals surface area (Å²) in [5.41, 5.74) is 5.51. The molecule has 0 bridgehead atoms. The quantitative estimate of drug-likeness (QED) is 0.486. The van der Waals surface area contributed by atoms with E-state index in [4.69, 9.17) is 16.2 Å². The molecule has 5 N–H and O–H groups in total. The molecule has 94 valence electrons. The number of anilines is 1. The first-order valence-corrected chi connectivity index (χ1v) is 4.55. The summed E-state index contributed by atoms with van der Waals surface area (Å²) in [5, 5.41) is 18.2. The van der Waals surface area contributed by atoms with E-state index < -0.39 is 17.8 Å². The predicted octanol–water partition coefficient (Wildman–Crippen LogP) is 1.42. The van der Waals surface area contributed by atoms with Crippen molar-refractivity contribution in [3.05, 3.63) is 29.6 Å². The maximum atomic E-state index is 13.4. The number of carbonyl (C=O) groups is 1. The first kappa shape index (κ1) is 15.2. The first-order valence-electron chi connectivity index (χ1n) is 4.55. The second-order valence-electron chi connectivity index (χ2n) is 3.31. The van der Waals surface area contributed by atoms with Crippen LogP contribution in [0.25, 0.3) is 0 Å². The van der Waals surface area contributed by atoms with Crippen molar-refractivity contribution in [2.45, 2.75) is 13.0 Å². The van der Waals surface area contributed by atoms with Crippen molar-refractivity contribution in [1.29, 1.82) is 5.41 Å². The van der Waals surface area contributed by atoms with Gasteiger partial charge in [0.2, 0.25) is 0 Å². The van der Waals surface area contributed by atoms with Crippen LogP contribution in [0.5, 0.6) is 0 Å². The Bertz CT molecular complexity index is 440. The molecule has 0 aromatic heterocycles. The summed E-state index contributed by atoms with van der Waals surface area (Å²) in [7, 11) is 0. The number of halogens is 2. The summed E-state index contributed by atoms with van der Waals surface area (Å²) in [6.45, 7) is 1.40. The molecule has 0 radical (unpaired) electrons. The highest BCUT2D eigenvalue weighted by atomic mass is 35.5. The molecule has 0 heterocycles. The number of carboxylic acids is 1. The van der Waals surface area contributed by atoms with Crippen molar-refractivity contribution in [2.24, 2.45) is 5.73 Å². The van der Waals surface area contributed by atoms with Gasteiger partial charge in [0, 0.05) is 5.56 Å². The number of carboxylic acid groups (broad SMARTS) is 1. The average Bonchev–Trinajstić information content (AvgIpc) is 2.20. The second kappa shape index (κ2) is 6.05. The molecule has 1 rings (SSSR count). The molecule has 1 atom stereocenters. The fraction of sp³-hybridized carbons (Fsp3) is 0.200. The van der Waals surface area contributed by atoms with E-state index in [1.54, 1.807) is 0 Å². The molecule has 0 aliphatic carbocycles. The average molecular weight is 262 g/mol. The SMILES string of the molecule is CC(Nc1ccc(C(=N)N)cc1F)C(=O)O.Cl. The minimum Gasteiger partial charge on any atom is -0.480 e. The number of nitrogen functional groups attached to an aromatic ring is 1. The molecule has 1 aromatic rings. The van der Waals surface area contributed by atoms with Crippen molar-refractivity contribution in [3.8, 4) is 0 Å². The molecule has 0 aliphatic heterocycles. The fourth-order valence-corrected chi connectivity index (χ4v) is 1.09. The van der Waals surface area contributed by atoms with E-state index in [0.717, 1.165) is 6.07 Å². The standard InChI is InChI=1S/C10H12FN3O2.ClH/c1-5(10(15)16)14-8-3-2-6(9(12)13)4-7(8)11;/h2-5,14H,1H3,(H3,12,13)(H,15,16);1H. The van der Waals surface area contributed by atoms with Crippen molar-refractivity contribution in [1.82, 2.24) is 0 Å². The Kier molecular flexibility index (Phi) is 5.40. The number of nitrogens with two attached hydrogens (primary N) is 1. The second-order valence-corrected chi connectivity index (χ2v) is 3.31. The molecule has 0 amide bonds. The number of benzene rings is 1. The van der Waals surface area contributed by atoms with Crippen LogP contribution in [0, 0.1) is 11.2 Å². The molecular weight excluding hydrogens is 249 g/mol. The zero-order valence-electron chi connectivity index (χ0n) is 9.03. The molecule has 1 aromatic carbocycles. The normalized spacial score (nSPS) is 11.2. The zero-order chi connectivity index (χ0) is 12.3. The van der Waals surface area contributed by atoms with Crippen LogP contribution in [-0.4, -0.2) is 23.0 Å². The van der Waals surface area contributed by atoms with E-state index in [9.17, 15) is 9.18 Å². The van der Waals surface area contributed by atoms with Gasteiger partial charge >= 0.3 is 5.97 Å². The highest BCUT2D eigenvalue weighted by Gasteiger charge is 2.13. The molecule has 7 heteroatoms. The molecule has 0 spiro atoms. The Morgan fingerprint density at radius 3 is 2.59 bits per heavy atom. The van der Waals surface area contributed by atoms with Gasteiger partial charge < -0.3 is 16.2 Å².